The van der Waals surface area contributed by atoms with Gasteiger partial charge < -0.3 is 5.32 Å². The maximum absolute atomic E-state index is 12.9. The average Bonchev–Trinajstić information content (AvgIpc) is 2.33. The molecular weight excluding hydrogens is 293 g/mol. The van der Waals surface area contributed by atoms with Gasteiger partial charge in [-0.05, 0) is 65.2 Å². The van der Waals surface area contributed by atoms with E-state index in [1.807, 2.05) is 6.07 Å². The molecule has 2 rings (SSSR count). The Kier molecular flexibility index (Phi) is 4.02. The summed E-state index contributed by atoms with van der Waals surface area (Å²) in [5, 5.41) is 3.40. The van der Waals surface area contributed by atoms with Crippen LogP contribution in [0.15, 0.2) is 46.9 Å². The van der Waals surface area contributed by atoms with Gasteiger partial charge in [-0.3, -0.25) is 0 Å². The van der Waals surface area contributed by atoms with Crippen molar-refractivity contribution < 1.29 is 4.39 Å². The number of nitrogens with one attached hydrogen (secondary N) is 1. The number of anilines is 1. The molecule has 0 fully saturated rings. The first-order valence-electron chi connectivity index (χ1n) is 5.84. The van der Waals surface area contributed by atoms with E-state index in [4.69, 9.17) is 0 Å². The fourth-order valence-electron chi connectivity index (χ4n) is 1.81. The maximum atomic E-state index is 12.9. The third kappa shape index (κ3) is 3.10. The first-order chi connectivity index (χ1) is 8.56. The predicted molar refractivity (Wildman–Crippen MR) is 77.3 cm³/mol. The molecule has 1 atom stereocenters. The number of hydrogen-bond acceptors (Lipinski definition) is 1. The number of rotatable bonds is 3. The number of hydrogen-bond donors (Lipinski definition) is 1. The first-order valence-corrected chi connectivity index (χ1v) is 6.64. The van der Waals surface area contributed by atoms with Crippen molar-refractivity contribution in [3.05, 3.63) is 63.9 Å². The summed E-state index contributed by atoms with van der Waals surface area (Å²) in [7, 11) is 0. The minimum Gasteiger partial charge on any atom is -0.378 e. The predicted octanol–water partition coefficient (Wildman–Crippen LogP) is 5.07. The Morgan fingerprint density at radius 2 is 1.78 bits per heavy atom. The quantitative estimate of drug-likeness (QED) is 0.834. The van der Waals surface area contributed by atoms with E-state index in [9.17, 15) is 4.39 Å². The van der Waals surface area contributed by atoms with E-state index in [2.05, 4.69) is 47.2 Å². The minimum absolute atomic E-state index is 0.129. The molecule has 2 aromatic carbocycles. The fraction of sp³-hybridized carbons (Fsp3) is 0.200. The van der Waals surface area contributed by atoms with Crippen LogP contribution in [0.1, 0.15) is 24.1 Å². The van der Waals surface area contributed by atoms with Gasteiger partial charge in [-0.15, -0.1) is 0 Å². The average molecular weight is 308 g/mol. The summed E-state index contributed by atoms with van der Waals surface area (Å²) in [6, 6.07) is 12.9. The lowest BCUT2D eigenvalue weighted by Crippen LogP contribution is -2.07. The van der Waals surface area contributed by atoms with E-state index < -0.39 is 0 Å². The normalized spacial score (nSPS) is 12.2. The molecule has 3 heteroatoms. The standard InChI is InChI=1S/C15H15BrFN/c1-10-3-8-15(14(16)9-10)18-11(2)12-4-6-13(17)7-5-12/h3-9,11,18H,1-2H3. The van der Waals surface area contributed by atoms with Gasteiger partial charge >= 0.3 is 0 Å². The van der Waals surface area contributed by atoms with Crippen LogP contribution in [0.2, 0.25) is 0 Å². The molecule has 1 unspecified atom stereocenters. The largest absolute Gasteiger partial charge is 0.378 e. The van der Waals surface area contributed by atoms with Gasteiger partial charge in [-0.1, -0.05) is 18.2 Å². The van der Waals surface area contributed by atoms with Crippen LogP contribution in [0.4, 0.5) is 10.1 Å². The second-order valence-electron chi connectivity index (χ2n) is 4.40. The number of halogens is 2. The fourth-order valence-corrected chi connectivity index (χ4v) is 2.41. The van der Waals surface area contributed by atoms with Crippen LogP contribution in [0.3, 0.4) is 0 Å². The van der Waals surface area contributed by atoms with Crippen molar-refractivity contribution in [2.24, 2.45) is 0 Å². The number of aryl methyl sites for hydroxylation is 1. The van der Waals surface area contributed by atoms with E-state index in [1.165, 1.54) is 17.7 Å². The lowest BCUT2D eigenvalue weighted by Gasteiger charge is -2.17. The van der Waals surface area contributed by atoms with Crippen LogP contribution in [0.25, 0.3) is 0 Å². The van der Waals surface area contributed by atoms with Crippen LogP contribution < -0.4 is 5.32 Å². The Balaban J connectivity index is 2.15. The van der Waals surface area contributed by atoms with Gasteiger partial charge in [0.2, 0.25) is 0 Å². The van der Waals surface area contributed by atoms with Gasteiger partial charge in [-0.25, -0.2) is 4.39 Å². The Morgan fingerprint density at radius 1 is 1.11 bits per heavy atom. The molecule has 0 aromatic heterocycles. The van der Waals surface area contributed by atoms with E-state index in [0.717, 1.165) is 15.7 Å². The summed E-state index contributed by atoms with van der Waals surface area (Å²) in [6.07, 6.45) is 0. The van der Waals surface area contributed by atoms with Crippen molar-refractivity contribution in [2.75, 3.05) is 5.32 Å². The summed E-state index contributed by atoms with van der Waals surface area (Å²) in [4.78, 5) is 0. The Labute approximate surface area is 115 Å². The minimum atomic E-state index is -0.206. The number of benzene rings is 2. The molecule has 0 bridgehead atoms. The van der Waals surface area contributed by atoms with Crippen molar-refractivity contribution in [1.29, 1.82) is 0 Å². The van der Waals surface area contributed by atoms with E-state index in [-0.39, 0.29) is 11.9 Å². The highest BCUT2D eigenvalue weighted by Gasteiger charge is 2.07. The van der Waals surface area contributed by atoms with Crippen LogP contribution in [0.5, 0.6) is 0 Å². The topological polar surface area (TPSA) is 12.0 Å². The summed E-state index contributed by atoms with van der Waals surface area (Å²) in [5.41, 5.74) is 3.31. The van der Waals surface area contributed by atoms with Crippen molar-refractivity contribution in [3.63, 3.8) is 0 Å². The summed E-state index contributed by atoms with van der Waals surface area (Å²) in [6.45, 7) is 4.11. The van der Waals surface area contributed by atoms with Crippen LogP contribution >= 0.6 is 15.9 Å². The lowest BCUT2D eigenvalue weighted by molar-refractivity contribution is 0.626. The molecule has 0 heterocycles. The van der Waals surface area contributed by atoms with E-state index >= 15 is 0 Å². The lowest BCUT2D eigenvalue weighted by atomic mass is 10.1. The highest BCUT2D eigenvalue weighted by molar-refractivity contribution is 9.10. The maximum Gasteiger partial charge on any atom is 0.123 e. The molecule has 0 saturated carbocycles. The van der Waals surface area contributed by atoms with Crippen LogP contribution in [0, 0.1) is 12.7 Å². The van der Waals surface area contributed by atoms with Crippen molar-refractivity contribution >= 4 is 21.6 Å². The Morgan fingerprint density at radius 3 is 2.39 bits per heavy atom. The van der Waals surface area contributed by atoms with Crippen molar-refractivity contribution in [2.45, 2.75) is 19.9 Å². The third-order valence-electron chi connectivity index (χ3n) is 2.87. The van der Waals surface area contributed by atoms with Crippen molar-refractivity contribution in [3.8, 4) is 0 Å². The van der Waals surface area contributed by atoms with Crippen LogP contribution in [-0.2, 0) is 0 Å². The molecule has 0 aliphatic heterocycles. The molecule has 0 aliphatic carbocycles. The highest BCUT2D eigenvalue weighted by atomic mass is 79.9. The highest BCUT2D eigenvalue weighted by Crippen LogP contribution is 2.27. The van der Waals surface area contributed by atoms with Gasteiger partial charge in [0.15, 0.2) is 0 Å². The van der Waals surface area contributed by atoms with Gasteiger partial charge in [0.05, 0.1) is 0 Å². The summed E-state index contributed by atoms with van der Waals surface area (Å²) in [5.74, 6) is -0.206. The second kappa shape index (κ2) is 5.53. The molecule has 1 N–H and O–H groups in total. The van der Waals surface area contributed by atoms with Gasteiger partial charge in [0.1, 0.15) is 5.82 Å². The molecule has 0 spiro atoms. The van der Waals surface area contributed by atoms with Gasteiger partial charge in [0, 0.05) is 16.2 Å². The SMILES string of the molecule is Cc1ccc(NC(C)c2ccc(F)cc2)c(Br)c1. The third-order valence-corrected chi connectivity index (χ3v) is 3.52. The molecule has 0 amide bonds. The van der Waals surface area contributed by atoms with Crippen LogP contribution in [-0.4, -0.2) is 0 Å². The van der Waals surface area contributed by atoms with Gasteiger partial charge in [-0.2, -0.15) is 0 Å². The first kappa shape index (κ1) is 13.1. The molecule has 2 aromatic rings. The molecule has 18 heavy (non-hydrogen) atoms. The zero-order valence-electron chi connectivity index (χ0n) is 10.4. The molecule has 0 saturated heterocycles. The Hall–Kier alpha value is -1.35. The molecular formula is C15H15BrFN. The molecule has 1 nitrogen and oxygen atoms in total. The molecule has 0 radical (unpaired) electrons. The summed E-state index contributed by atoms with van der Waals surface area (Å²) >= 11 is 3.54. The zero-order valence-corrected chi connectivity index (χ0v) is 12.0. The monoisotopic (exact) mass is 307 g/mol. The second-order valence-corrected chi connectivity index (χ2v) is 5.26. The van der Waals surface area contributed by atoms with Gasteiger partial charge in [0.25, 0.3) is 0 Å². The smallest absolute Gasteiger partial charge is 0.123 e. The Bertz CT molecular complexity index is 537. The zero-order chi connectivity index (χ0) is 13.1. The summed E-state index contributed by atoms with van der Waals surface area (Å²) < 4.78 is 13.9. The van der Waals surface area contributed by atoms with E-state index in [1.54, 1.807) is 12.1 Å². The molecule has 94 valence electrons. The molecule has 0 aliphatic rings. The van der Waals surface area contributed by atoms with Crippen molar-refractivity contribution in [1.82, 2.24) is 0 Å². The van der Waals surface area contributed by atoms with E-state index in [0.29, 0.717) is 0 Å².